The van der Waals surface area contributed by atoms with E-state index in [0.717, 1.165) is 32.1 Å². The van der Waals surface area contributed by atoms with E-state index in [4.69, 9.17) is 5.11 Å². The van der Waals surface area contributed by atoms with Crippen LogP contribution in [0, 0.1) is 5.92 Å². The average Bonchev–Trinajstić information content (AvgIpc) is 2.70. The summed E-state index contributed by atoms with van der Waals surface area (Å²) in [6.07, 6.45) is 10.3. The maximum Gasteiger partial charge on any atom is 0.0568 e. The highest BCUT2D eigenvalue weighted by Crippen LogP contribution is 2.29. The van der Waals surface area contributed by atoms with E-state index in [2.05, 4.69) is 0 Å². The maximum atomic E-state index is 9.86. The zero-order chi connectivity index (χ0) is 10.2. The van der Waals surface area contributed by atoms with Crippen molar-refractivity contribution in [2.24, 2.45) is 5.92 Å². The zero-order valence-corrected chi connectivity index (χ0v) is 9.12. The molecule has 1 atom stereocenters. The van der Waals surface area contributed by atoms with E-state index in [0.29, 0.717) is 12.5 Å². The fourth-order valence-corrected chi connectivity index (χ4v) is 2.40. The first-order valence-electron chi connectivity index (χ1n) is 6.13. The summed E-state index contributed by atoms with van der Waals surface area (Å²) >= 11 is 0. The molecule has 0 amide bonds. The molecule has 1 aliphatic carbocycles. The zero-order valence-electron chi connectivity index (χ0n) is 9.12. The summed E-state index contributed by atoms with van der Waals surface area (Å²) in [4.78, 5) is 0. The lowest BCUT2D eigenvalue weighted by atomic mass is 9.96. The minimum Gasteiger partial charge on any atom is -0.396 e. The monoisotopic (exact) mass is 200 g/mol. The molecule has 0 aromatic rings. The van der Waals surface area contributed by atoms with Crippen LogP contribution in [0.4, 0.5) is 0 Å². The van der Waals surface area contributed by atoms with Crippen molar-refractivity contribution < 1.29 is 10.2 Å². The summed E-state index contributed by atoms with van der Waals surface area (Å²) in [5, 5.41) is 18.5. The molecule has 2 heteroatoms. The van der Waals surface area contributed by atoms with E-state index in [-0.39, 0.29) is 6.10 Å². The second kappa shape index (κ2) is 7.24. The standard InChI is InChI=1S/C12H24O2/c13-10-6-2-1-3-9-12(14)11-7-4-5-8-11/h11-14H,1-10H2. The molecule has 14 heavy (non-hydrogen) atoms. The van der Waals surface area contributed by atoms with Gasteiger partial charge in [0.05, 0.1) is 6.10 Å². The van der Waals surface area contributed by atoms with Gasteiger partial charge in [-0.2, -0.15) is 0 Å². The van der Waals surface area contributed by atoms with Crippen LogP contribution in [0.25, 0.3) is 0 Å². The van der Waals surface area contributed by atoms with E-state index in [9.17, 15) is 5.11 Å². The number of hydrogen-bond donors (Lipinski definition) is 2. The SMILES string of the molecule is OCCCCCCC(O)C1CCCC1. The normalized spacial score (nSPS) is 20.1. The number of rotatable bonds is 7. The Bertz CT molecular complexity index is 130. The van der Waals surface area contributed by atoms with Gasteiger partial charge in [-0.15, -0.1) is 0 Å². The largest absolute Gasteiger partial charge is 0.396 e. The van der Waals surface area contributed by atoms with Crippen molar-refractivity contribution in [1.82, 2.24) is 0 Å². The average molecular weight is 200 g/mol. The third-order valence-corrected chi connectivity index (χ3v) is 3.35. The second-order valence-electron chi connectivity index (χ2n) is 4.54. The molecule has 0 spiro atoms. The number of hydrogen-bond acceptors (Lipinski definition) is 2. The molecule has 0 aromatic carbocycles. The van der Waals surface area contributed by atoms with E-state index in [1.165, 1.54) is 25.7 Å². The van der Waals surface area contributed by atoms with Gasteiger partial charge in [-0.3, -0.25) is 0 Å². The Morgan fingerprint density at radius 1 is 1.00 bits per heavy atom. The van der Waals surface area contributed by atoms with Gasteiger partial charge in [-0.25, -0.2) is 0 Å². The van der Waals surface area contributed by atoms with Gasteiger partial charge in [0, 0.05) is 6.61 Å². The van der Waals surface area contributed by atoms with Gasteiger partial charge in [0.2, 0.25) is 0 Å². The first kappa shape index (κ1) is 12.0. The Hall–Kier alpha value is -0.0800. The van der Waals surface area contributed by atoms with Crippen molar-refractivity contribution in [2.45, 2.75) is 63.9 Å². The fourth-order valence-electron chi connectivity index (χ4n) is 2.40. The van der Waals surface area contributed by atoms with Gasteiger partial charge >= 0.3 is 0 Å². The molecule has 1 aliphatic rings. The molecule has 0 radical (unpaired) electrons. The highest BCUT2D eigenvalue weighted by Gasteiger charge is 2.22. The topological polar surface area (TPSA) is 40.5 Å². The van der Waals surface area contributed by atoms with Crippen LogP contribution in [-0.4, -0.2) is 22.9 Å². The fraction of sp³-hybridized carbons (Fsp3) is 1.00. The van der Waals surface area contributed by atoms with Gasteiger partial charge < -0.3 is 10.2 Å². The molecule has 0 aliphatic heterocycles. The van der Waals surface area contributed by atoms with Crippen molar-refractivity contribution >= 4 is 0 Å². The molecule has 1 saturated carbocycles. The van der Waals surface area contributed by atoms with Crippen LogP contribution in [-0.2, 0) is 0 Å². The summed E-state index contributed by atoms with van der Waals surface area (Å²) < 4.78 is 0. The van der Waals surface area contributed by atoms with E-state index < -0.39 is 0 Å². The van der Waals surface area contributed by atoms with Crippen LogP contribution in [0.2, 0.25) is 0 Å². The van der Waals surface area contributed by atoms with Crippen LogP contribution in [0.5, 0.6) is 0 Å². The van der Waals surface area contributed by atoms with Gasteiger partial charge in [0.25, 0.3) is 0 Å². The summed E-state index contributed by atoms with van der Waals surface area (Å²) in [6.45, 7) is 0.311. The summed E-state index contributed by atoms with van der Waals surface area (Å²) in [5.74, 6) is 0.591. The molecular formula is C12H24O2. The molecule has 1 unspecified atom stereocenters. The first-order valence-corrected chi connectivity index (χ1v) is 6.13. The molecule has 0 aromatic heterocycles. The van der Waals surface area contributed by atoms with Gasteiger partial charge in [-0.1, -0.05) is 32.1 Å². The lowest BCUT2D eigenvalue weighted by Gasteiger charge is -2.17. The predicted octanol–water partition coefficient (Wildman–Crippen LogP) is 2.48. The highest BCUT2D eigenvalue weighted by atomic mass is 16.3. The van der Waals surface area contributed by atoms with Crippen molar-refractivity contribution in [2.75, 3.05) is 6.61 Å². The number of aliphatic hydroxyl groups excluding tert-OH is 2. The Balaban J connectivity index is 1.94. The Kier molecular flexibility index (Phi) is 6.20. The molecule has 0 saturated heterocycles. The Labute approximate surface area is 87.3 Å². The minimum atomic E-state index is -0.0494. The predicted molar refractivity (Wildman–Crippen MR) is 58.1 cm³/mol. The van der Waals surface area contributed by atoms with Crippen LogP contribution < -0.4 is 0 Å². The van der Waals surface area contributed by atoms with Gasteiger partial charge in [-0.05, 0) is 31.6 Å². The van der Waals surface area contributed by atoms with Crippen molar-refractivity contribution in [3.05, 3.63) is 0 Å². The van der Waals surface area contributed by atoms with Gasteiger partial charge in [0.1, 0.15) is 0 Å². The molecular weight excluding hydrogens is 176 g/mol. The quantitative estimate of drug-likeness (QED) is 0.620. The molecule has 1 fully saturated rings. The van der Waals surface area contributed by atoms with E-state index >= 15 is 0 Å². The van der Waals surface area contributed by atoms with Gasteiger partial charge in [0.15, 0.2) is 0 Å². The maximum absolute atomic E-state index is 9.86. The second-order valence-corrected chi connectivity index (χ2v) is 4.54. The van der Waals surface area contributed by atoms with Crippen molar-refractivity contribution in [3.63, 3.8) is 0 Å². The van der Waals surface area contributed by atoms with Crippen LogP contribution in [0.1, 0.15) is 57.8 Å². The van der Waals surface area contributed by atoms with Crippen LogP contribution in [0.15, 0.2) is 0 Å². The van der Waals surface area contributed by atoms with Crippen molar-refractivity contribution in [3.8, 4) is 0 Å². The Morgan fingerprint density at radius 3 is 2.29 bits per heavy atom. The molecule has 2 N–H and O–H groups in total. The van der Waals surface area contributed by atoms with Crippen LogP contribution in [0.3, 0.4) is 0 Å². The molecule has 0 bridgehead atoms. The highest BCUT2D eigenvalue weighted by molar-refractivity contribution is 4.74. The summed E-state index contributed by atoms with van der Waals surface area (Å²) in [7, 11) is 0. The number of aliphatic hydroxyl groups is 2. The third kappa shape index (κ3) is 4.43. The lowest BCUT2D eigenvalue weighted by molar-refractivity contribution is 0.0988. The molecule has 1 rings (SSSR count). The molecule has 84 valence electrons. The Morgan fingerprint density at radius 2 is 1.64 bits per heavy atom. The smallest absolute Gasteiger partial charge is 0.0568 e. The van der Waals surface area contributed by atoms with E-state index in [1.807, 2.05) is 0 Å². The van der Waals surface area contributed by atoms with E-state index in [1.54, 1.807) is 0 Å². The third-order valence-electron chi connectivity index (χ3n) is 3.35. The van der Waals surface area contributed by atoms with Crippen LogP contribution >= 0.6 is 0 Å². The first-order chi connectivity index (χ1) is 6.84. The molecule has 0 heterocycles. The lowest BCUT2D eigenvalue weighted by Crippen LogP contribution is -2.17. The number of unbranched alkanes of at least 4 members (excludes halogenated alkanes) is 3. The summed E-state index contributed by atoms with van der Waals surface area (Å²) in [5.41, 5.74) is 0. The van der Waals surface area contributed by atoms with Crippen molar-refractivity contribution in [1.29, 1.82) is 0 Å². The molecule has 2 nitrogen and oxygen atoms in total. The minimum absolute atomic E-state index is 0.0494. The summed E-state index contributed by atoms with van der Waals surface area (Å²) in [6, 6.07) is 0.